The minimum absolute atomic E-state index is 0.114. The van der Waals surface area contributed by atoms with Crippen LogP contribution in [-0.4, -0.2) is 15.7 Å². The molecule has 9 heteroatoms. The largest absolute Gasteiger partial charge is 0.435 e. The van der Waals surface area contributed by atoms with Crippen molar-refractivity contribution >= 4 is 22.2 Å². The van der Waals surface area contributed by atoms with Gasteiger partial charge >= 0.3 is 6.18 Å². The first-order chi connectivity index (χ1) is 11.8. The topological polar surface area (TPSA) is 46.9 Å². The Bertz CT molecular complexity index is 930. The minimum atomic E-state index is -4.53. The first kappa shape index (κ1) is 17.2. The number of anilines is 1. The number of aromatic nitrogens is 2. The van der Waals surface area contributed by atoms with E-state index in [9.17, 15) is 22.4 Å². The molecule has 0 aliphatic heterocycles. The molecule has 1 aromatic carbocycles. The summed E-state index contributed by atoms with van der Waals surface area (Å²) in [4.78, 5) is 12.6. The average Bonchev–Trinajstić information content (AvgIpc) is 3.13. The van der Waals surface area contributed by atoms with Crippen LogP contribution in [0.3, 0.4) is 0 Å². The highest BCUT2D eigenvalue weighted by Gasteiger charge is 2.34. The van der Waals surface area contributed by atoms with Crippen molar-refractivity contribution in [2.24, 2.45) is 7.05 Å². The van der Waals surface area contributed by atoms with Crippen LogP contribution in [0.1, 0.15) is 16.1 Å². The van der Waals surface area contributed by atoms with Crippen molar-refractivity contribution in [3.8, 4) is 10.6 Å². The van der Waals surface area contributed by atoms with Crippen molar-refractivity contribution in [1.29, 1.82) is 0 Å². The molecule has 0 radical (unpaired) electrons. The van der Waals surface area contributed by atoms with E-state index in [1.165, 1.54) is 31.3 Å². The Morgan fingerprint density at radius 3 is 2.56 bits per heavy atom. The molecular formula is C16H11F4N3OS. The van der Waals surface area contributed by atoms with Crippen molar-refractivity contribution < 1.29 is 22.4 Å². The Morgan fingerprint density at radius 1 is 1.20 bits per heavy atom. The summed E-state index contributed by atoms with van der Waals surface area (Å²) in [7, 11) is 1.40. The van der Waals surface area contributed by atoms with E-state index in [1.54, 1.807) is 12.1 Å². The lowest BCUT2D eigenvalue weighted by atomic mass is 10.2. The van der Waals surface area contributed by atoms with E-state index in [4.69, 9.17) is 0 Å². The molecule has 0 unspecified atom stereocenters. The number of amides is 1. The van der Waals surface area contributed by atoms with E-state index in [0.717, 1.165) is 22.1 Å². The van der Waals surface area contributed by atoms with E-state index >= 15 is 0 Å². The number of hydrogen-bond acceptors (Lipinski definition) is 3. The highest BCUT2D eigenvalue weighted by atomic mass is 32.1. The molecule has 0 fully saturated rings. The van der Waals surface area contributed by atoms with E-state index in [2.05, 4.69) is 10.4 Å². The number of thiophene rings is 1. The number of benzene rings is 1. The van der Waals surface area contributed by atoms with Gasteiger partial charge in [-0.1, -0.05) is 12.1 Å². The van der Waals surface area contributed by atoms with Gasteiger partial charge in [-0.15, -0.1) is 11.3 Å². The smallest absolute Gasteiger partial charge is 0.313 e. The van der Waals surface area contributed by atoms with Crippen molar-refractivity contribution in [2.75, 3.05) is 5.32 Å². The predicted molar refractivity (Wildman–Crippen MR) is 85.9 cm³/mol. The molecule has 0 spiro atoms. The van der Waals surface area contributed by atoms with Gasteiger partial charge in [-0.25, -0.2) is 4.39 Å². The molecule has 3 rings (SSSR count). The molecule has 1 amide bonds. The van der Waals surface area contributed by atoms with Crippen LogP contribution in [0.5, 0.6) is 0 Å². The maximum Gasteiger partial charge on any atom is 0.435 e. The zero-order chi connectivity index (χ0) is 18.2. The van der Waals surface area contributed by atoms with E-state index < -0.39 is 23.6 Å². The molecule has 4 nitrogen and oxygen atoms in total. The Morgan fingerprint density at radius 2 is 1.92 bits per heavy atom. The summed E-state index contributed by atoms with van der Waals surface area (Å²) in [5.41, 5.74) is -0.837. The van der Waals surface area contributed by atoms with Crippen LogP contribution in [0.15, 0.2) is 42.5 Å². The SMILES string of the molecule is Cn1nc(C(F)(F)F)cc1-c1ccc(NC(=O)c2ccccc2F)s1. The highest BCUT2D eigenvalue weighted by Crippen LogP contribution is 2.35. The van der Waals surface area contributed by atoms with Crippen LogP contribution in [0.4, 0.5) is 22.6 Å². The highest BCUT2D eigenvalue weighted by molar-refractivity contribution is 7.19. The Hall–Kier alpha value is -2.68. The van der Waals surface area contributed by atoms with Gasteiger partial charge in [0.1, 0.15) is 5.82 Å². The first-order valence-electron chi connectivity index (χ1n) is 7.03. The Labute approximate surface area is 143 Å². The molecule has 25 heavy (non-hydrogen) atoms. The van der Waals surface area contributed by atoms with E-state index in [-0.39, 0.29) is 11.3 Å². The number of hydrogen-bond donors (Lipinski definition) is 1. The fraction of sp³-hybridized carbons (Fsp3) is 0.125. The fourth-order valence-corrected chi connectivity index (χ4v) is 3.15. The lowest BCUT2D eigenvalue weighted by Crippen LogP contribution is -2.12. The number of alkyl halides is 3. The number of aryl methyl sites for hydroxylation is 1. The molecule has 0 aliphatic carbocycles. The van der Waals surface area contributed by atoms with Gasteiger partial charge < -0.3 is 5.32 Å². The maximum atomic E-state index is 13.6. The van der Waals surface area contributed by atoms with Crippen LogP contribution in [0.2, 0.25) is 0 Å². The van der Waals surface area contributed by atoms with Crippen molar-refractivity contribution in [3.63, 3.8) is 0 Å². The summed E-state index contributed by atoms with van der Waals surface area (Å²) in [6.45, 7) is 0. The van der Waals surface area contributed by atoms with Crippen LogP contribution in [-0.2, 0) is 13.2 Å². The quantitative estimate of drug-likeness (QED) is 0.688. The van der Waals surface area contributed by atoms with Crippen LogP contribution >= 0.6 is 11.3 Å². The minimum Gasteiger partial charge on any atom is -0.313 e. The molecule has 0 aliphatic rings. The standard InChI is InChI=1S/C16H11F4N3OS/c1-23-11(8-13(22-23)16(18,19)20)12-6-7-14(25-12)21-15(24)9-4-2-3-5-10(9)17/h2-8H,1H3,(H,21,24). The molecule has 0 atom stereocenters. The molecule has 0 saturated heterocycles. The first-order valence-corrected chi connectivity index (χ1v) is 7.84. The van der Waals surface area contributed by atoms with E-state index in [1.807, 2.05) is 0 Å². The third-order valence-corrected chi connectivity index (χ3v) is 4.41. The van der Waals surface area contributed by atoms with Gasteiger partial charge in [-0.05, 0) is 30.3 Å². The number of nitrogens with zero attached hydrogens (tertiary/aromatic N) is 2. The zero-order valence-electron chi connectivity index (χ0n) is 12.8. The van der Waals surface area contributed by atoms with Gasteiger partial charge in [-0.2, -0.15) is 18.3 Å². The number of rotatable bonds is 3. The van der Waals surface area contributed by atoms with E-state index in [0.29, 0.717) is 9.88 Å². The maximum absolute atomic E-state index is 13.6. The molecular weight excluding hydrogens is 358 g/mol. The summed E-state index contributed by atoms with van der Waals surface area (Å²) < 4.78 is 52.9. The molecule has 0 saturated carbocycles. The lowest BCUT2D eigenvalue weighted by molar-refractivity contribution is -0.141. The zero-order valence-corrected chi connectivity index (χ0v) is 13.6. The average molecular weight is 369 g/mol. The molecule has 130 valence electrons. The van der Waals surface area contributed by atoms with Gasteiger partial charge in [0.15, 0.2) is 5.69 Å². The second-order valence-electron chi connectivity index (χ2n) is 5.13. The van der Waals surface area contributed by atoms with Crippen LogP contribution in [0.25, 0.3) is 10.6 Å². The predicted octanol–water partition coefficient (Wildman–Crippen LogP) is 4.56. The summed E-state index contributed by atoms with van der Waals surface area (Å²) in [5, 5.41) is 6.37. The van der Waals surface area contributed by atoms with Crippen molar-refractivity contribution in [2.45, 2.75) is 6.18 Å². The van der Waals surface area contributed by atoms with Gasteiger partial charge in [0.2, 0.25) is 0 Å². The number of carbonyl (C=O) groups excluding carboxylic acids is 1. The normalized spacial score (nSPS) is 11.6. The third kappa shape index (κ3) is 3.55. The Balaban J connectivity index is 1.83. The molecule has 0 bridgehead atoms. The second kappa shape index (κ2) is 6.32. The summed E-state index contributed by atoms with van der Waals surface area (Å²) in [6, 6.07) is 9.56. The monoisotopic (exact) mass is 369 g/mol. The van der Waals surface area contributed by atoms with Gasteiger partial charge in [0, 0.05) is 7.05 Å². The summed E-state index contributed by atoms with van der Waals surface area (Å²) in [5.74, 6) is -1.29. The van der Waals surface area contributed by atoms with Gasteiger partial charge in [0.05, 0.1) is 21.1 Å². The molecule has 1 N–H and O–H groups in total. The fourth-order valence-electron chi connectivity index (χ4n) is 2.20. The van der Waals surface area contributed by atoms with Crippen molar-refractivity contribution in [1.82, 2.24) is 9.78 Å². The third-order valence-electron chi connectivity index (χ3n) is 3.38. The lowest BCUT2D eigenvalue weighted by Gasteiger charge is -2.03. The number of carbonyl (C=O) groups is 1. The van der Waals surface area contributed by atoms with Crippen LogP contribution < -0.4 is 5.32 Å². The Kier molecular flexibility index (Phi) is 4.34. The molecule has 2 heterocycles. The summed E-state index contributed by atoms with van der Waals surface area (Å²) >= 11 is 1.07. The van der Waals surface area contributed by atoms with Crippen molar-refractivity contribution in [3.05, 3.63) is 59.5 Å². The number of halogens is 4. The van der Waals surface area contributed by atoms with Crippen LogP contribution in [0, 0.1) is 5.82 Å². The summed E-state index contributed by atoms with van der Waals surface area (Å²) in [6.07, 6.45) is -4.53. The number of nitrogens with one attached hydrogen (secondary N) is 1. The molecule has 2 aromatic heterocycles. The second-order valence-corrected chi connectivity index (χ2v) is 6.22. The van der Waals surface area contributed by atoms with Gasteiger partial charge in [0.25, 0.3) is 5.91 Å². The van der Waals surface area contributed by atoms with Gasteiger partial charge in [-0.3, -0.25) is 9.48 Å². The molecule has 3 aromatic rings.